The summed E-state index contributed by atoms with van der Waals surface area (Å²) in [4.78, 5) is 6.51. The van der Waals surface area contributed by atoms with Crippen molar-refractivity contribution in [3.05, 3.63) is 64.1 Å². The largest absolute Gasteiger partial charge is 0.491 e. The van der Waals surface area contributed by atoms with Crippen LogP contribution in [0.1, 0.15) is 37.3 Å². The predicted octanol–water partition coefficient (Wildman–Crippen LogP) is 5.45. The van der Waals surface area contributed by atoms with E-state index in [-0.39, 0.29) is 10.8 Å². The maximum Gasteiger partial charge on any atom is 0.229 e. The summed E-state index contributed by atoms with van der Waals surface area (Å²) >= 11 is 6.13. The second-order valence-electron chi connectivity index (χ2n) is 9.48. The summed E-state index contributed by atoms with van der Waals surface area (Å²) in [6, 6.07) is 7.96. The first-order valence-corrected chi connectivity index (χ1v) is 14.3. The molecule has 1 aliphatic carbocycles. The van der Waals surface area contributed by atoms with Gasteiger partial charge in [-0.2, -0.15) is 5.26 Å². The maximum absolute atomic E-state index is 11.8. The van der Waals surface area contributed by atoms with E-state index in [0.29, 0.717) is 38.2 Å². The summed E-state index contributed by atoms with van der Waals surface area (Å²) in [5.74, 6) is 0.381. The Bertz CT molecular complexity index is 1440. The molecule has 1 atom stereocenters. The fraction of sp³-hybridized carbons (Fsp3) is 0.370. The molecule has 1 aromatic carbocycles. The van der Waals surface area contributed by atoms with Gasteiger partial charge in [-0.05, 0) is 56.0 Å². The van der Waals surface area contributed by atoms with Crippen molar-refractivity contribution in [3.63, 3.8) is 0 Å². The zero-order chi connectivity index (χ0) is 26.7. The number of hydrogen-bond donors (Lipinski definition) is 2. The van der Waals surface area contributed by atoms with E-state index in [4.69, 9.17) is 21.7 Å². The van der Waals surface area contributed by atoms with E-state index in [9.17, 15) is 13.7 Å². The van der Waals surface area contributed by atoms with Crippen LogP contribution < -0.4 is 9.46 Å². The molecule has 1 aromatic heterocycles. The number of ether oxygens (including phenoxy) is 1. The highest BCUT2D eigenvalue weighted by atomic mass is 35.5. The smallest absolute Gasteiger partial charge is 0.229 e. The molecular weight excluding hydrogens is 510 g/mol. The van der Waals surface area contributed by atoms with E-state index in [1.807, 2.05) is 25.1 Å². The van der Waals surface area contributed by atoms with Gasteiger partial charge in [0.05, 0.1) is 24.6 Å². The molecule has 2 N–H and O–H groups in total. The van der Waals surface area contributed by atoms with Crippen molar-refractivity contribution >= 4 is 33.0 Å². The fourth-order valence-electron chi connectivity index (χ4n) is 4.74. The zero-order valence-electron chi connectivity index (χ0n) is 21.1. The minimum atomic E-state index is -3.51. The lowest BCUT2D eigenvalue weighted by Gasteiger charge is -2.27. The van der Waals surface area contributed by atoms with Crippen LogP contribution in [-0.4, -0.2) is 43.4 Å². The second kappa shape index (κ2) is 11.0. The van der Waals surface area contributed by atoms with Crippen molar-refractivity contribution in [1.82, 2.24) is 9.88 Å². The predicted molar refractivity (Wildman–Crippen MR) is 146 cm³/mol. The van der Waals surface area contributed by atoms with Crippen molar-refractivity contribution < 1.29 is 13.2 Å². The lowest BCUT2D eigenvalue weighted by Crippen LogP contribution is -2.26. The number of hydrogen-bond acceptors (Lipinski definition) is 7. The van der Waals surface area contributed by atoms with Gasteiger partial charge in [0.15, 0.2) is 5.15 Å². The summed E-state index contributed by atoms with van der Waals surface area (Å²) in [7, 11) is -3.51. The van der Waals surface area contributed by atoms with Crippen molar-refractivity contribution in [3.8, 4) is 22.9 Å². The van der Waals surface area contributed by atoms with Gasteiger partial charge in [0.2, 0.25) is 10.0 Å². The molecular formula is C27H30ClN5O3S. The Balaban J connectivity index is 1.69. The highest BCUT2D eigenvalue weighted by Gasteiger charge is 2.23. The van der Waals surface area contributed by atoms with Crippen molar-refractivity contribution in [1.29, 1.82) is 10.7 Å². The number of aryl methyl sites for hydroxylation is 1. The van der Waals surface area contributed by atoms with E-state index in [2.05, 4.69) is 33.7 Å². The zero-order valence-corrected chi connectivity index (χ0v) is 22.7. The van der Waals surface area contributed by atoms with Crippen LogP contribution in [-0.2, 0) is 16.6 Å². The Morgan fingerprint density at radius 3 is 2.76 bits per heavy atom. The van der Waals surface area contributed by atoms with Gasteiger partial charge in [-0.15, -0.1) is 0 Å². The summed E-state index contributed by atoms with van der Waals surface area (Å²) in [6.45, 7) is 5.99. The Morgan fingerprint density at radius 2 is 2.03 bits per heavy atom. The third-order valence-electron chi connectivity index (χ3n) is 6.59. The van der Waals surface area contributed by atoms with Gasteiger partial charge in [-0.1, -0.05) is 29.3 Å². The highest BCUT2D eigenvalue weighted by molar-refractivity contribution is 7.92. The standard InChI is InChI=1S/C27H30ClN5O3S/c1-17-7-8-23(30)19(14-29)5-4-6-25(17)33-9-10-36-26-18(2)11-20(12-22(26)16-33)21-13-24(27(28)31-15-21)32-37(3,34)35/h4-5,11-13,15,19,30,32H,6-10,16H2,1-3H3. The molecule has 2 aliphatic rings. The topological polar surface area (TPSA) is 119 Å². The average molecular weight is 540 g/mol. The number of halogens is 1. The van der Waals surface area contributed by atoms with Gasteiger partial charge in [0.1, 0.15) is 18.3 Å². The molecule has 194 valence electrons. The maximum atomic E-state index is 11.8. The molecule has 37 heavy (non-hydrogen) atoms. The molecule has 0 saturated heterocycles. The third-order valence-corrected chi connectivity index (χ3v) is 7.48. The van der Waals surface area contributed by atoms with Crippen LogP contribution >= 0.6 is 11.6 Å². The van der Waals surface area contributed by atoms with E-state index >= 15 is 0 Å². The van der Waals surface area contributed by atoms with Gasteiger partial charge < -0.3 is 15.0 Å². The lowest BCUT2D eigenvalue weighted by atomic mass is 9.98. The van der Waals surface area contributed by atoms with E-state index in [1.165, 1.54) is 11.3 Å². The monoisotopic (exact) mass is 539 g/mol. The van der Waals surface area contributed by atoms with Crippen LogP contribution in [0, 0.1) is 29.6 Å². The van der Waals surface area contributed by atoms with E-state index < -0.39 is 15.9 Å². The number of fused-ring (bicyclic) bond motifs is 1. The molecule has 8 nitrogen and oxygen atoms in total. The van der Waals surface area contributed by atoms with Crippen LogP contribution in [0.3, 0.4) is 0 Å². The molecule has 1 aliphatic heterocycles. The summed E-state index contributed by atoms with van der Waals surface area (Å²) < 4.78 is 32.1. The van der Waals surface area contributed by atoms with Crippen LogP contribution in [0.5, 0.6) is 5.75 Å². The number of nitrogens with one attached hydrogen (secondary N) is 2. The number of anilines is 1. The lowest BCUT2D eigenvalue weighted by molar-refractivity contribution is 0.259. The average Bonchev–Trinajstić information content (AvgIpc) is 3.02. The number of rotatable bonds is 4. The number of sulfonamides is 1. The number of nitrogens with zero attached hydrogens (tertiary/aromatic N) is 3. The van der Waals surface area contributed by atoms with Gasteiger partial charge in [0.25, 0.3) is 0 Å². The fourth-order valence-corrected chi connectivity index (χ4v) is 5.50. The number of aromatic nitrogens is 1. The molecule has 0 saturated carbocycles. The number of nitriles is 1. The molecule has 10 heteroatoms. The van der Waals surface area contributed by atoms with Crippen molar-refractivity contribution in [2.45, 2.75) is 39.7 Å². The molecule has 2 heterocycles. The normalized spacial score (nSPS) is 18.6. The van der Waals surface area contributed by atoms with Crippen LogP contribution in [0.15, 0.2) is 47.8 Å². The van der Waals surface area contributed by atoms with Gasteiger partial charge in [0, 0.05) is 41.7 Å². The minimum Gasteiger partial charge on any atom is -0.491 e. The quantitative estimate of drug-likeness (QED) is 0.394. The molecule has 0 spiro atoms. The molecule has 0 radical (unpaired) electrons. The third kappa shape index (κ3) is 6.32. The Morgan fingerprint density at radius 1 is 1.24 bits per heavy atom. The van der Waals surface area contributed by atoms with Crippen molar-refractivity contribution in [2.24, 2.45) is 5.92 Å². The molecule has 4 rings (SSSR count). The first kappa shape index (κ1) is 26.7. The molecule has 0 fully saturated rings. The van der Waals surface area contributed by atoms with E-state index in [1.54, 1.807) is 12.3 Å². The summed E-state index contributed by atoms with van der Waals surface area (Å²) in [5, 5.41) is 17.7. The number of pyridine rings is 1. The number of benzene rings is 1. The van der Waals surface area contributed by atoms with Gasteiger partial charge in [-0.25, -0.2) is 13.4 Å². The van der Waals surface area contributed by atoms with Crippen LogP contribution in [0.2, 0.25) is 5.15 Å². The first-order valence-electron chi connectivity index (χ1n) is 12.0. The number of allylic oxidation sites excluding steroid dienone is 3. The second-order valence-corrected chi connectivity index (χ2v) is 11.6. The summed E-state index contributed by atoms with van der Waals surface area (Å²) in [5.41, 5.74) is 6.70. The molecule has 0 amide bonds. The molecule has 2 aromatic rings. The van der Waals surface area contributed by atoms with Crippen LogP contribution in [0.4, 0.5) is 5.69 Å². The van der Waals surface area contributed by atoms with Crippen LogP contribution in [0.25, 0.3) is 11.1 Å². The SMILES string of the molecule is CC1=C(N2CCOc3c(C)cc(-c4cnc(Cl)c(NS(C)(=O)=O)c4)cc3C2)CC=CC(C#N)C(=N)CC1. The molecule has 0 bridgehead atoms. The van der Waals surface area contributed by atoms with Gasteiger partial charge >= 0.3 is 0 Å². The molecule has 1 unspecified atom stereocenters. The Hall–Kier alpha value is -3.35. The minimum absolute atomic E-state index is 0.0811. The highest BCUT2D eigenvalue weighted by Crippen LogP contribution is 2.36. The van der Waals surface area contributed by atoms with Gasteiger partial charge in [-0.3, -0.25) is 4.72 Å². The Labute approximate surface area is 223 Å². The van der Waals surface area contributed by atoms with Crippen molar-refractivity contribution in [2.75, 3.05) is 24.1 Å². The van der Waals surface area contributed by atoms with E-state index in [0.717, 1.165) is 40.7 Å². The Kier molecular flexibility index (Phi) is 7.90. The summed E-state index contributed by atoms with van der Waals surface area (Å²) in [6.07, 6.45) is 8.52. The first-order chi connectivity index (χ1) is 17.6.